The van der Waals surface area contributed by atoms with E-state index in [2.05, 4.69) is 5.32 Å². The first-order valence-corrected chi connectivity index (χ1v) is 9.03. The molecule has 0 bridgehead atoms. The molecule has 146 valence electrons. The number of Topliss-reactive ketones (excluding diaryl/α,β-unsaturated/α-hetero) is 1. The first kappa shape index (κ1) is 22.2. The van der Waals surface area contributed by atoms with Crippen molar-refractivity contribution in [3.05, 3.63) is 35.9 Å². The van der Waals surface area contributed by atoms with Gasteiger partial charge in [-0.3, -0.25) is 4.79 Å². The van der Waals surface area contributed by atoms with Crippen molar-refractivity contribution in [1.29, 1.82) is 0 Å². The highest BCUT2D eigenvalue weighted by atomic mass is 16.5. The maximum absolute atomic E-state index is 12.5. The van der Waals surface area contributed by atoms with E-state index in [4.69, 9.17) is 10.5 Å². The first-order chi connectivity index (χ1) is 11.7. The van der Waals surface area contributed by atoms with E-state index in [1.165, 1.54) is 0 Å². The third-order valence-corrected chi connectivity index (χ3v) is 4.41. The number of hydrogen-bond donors (Lipinski definition) is 2. The standard InChI is InChI=1S/C21H34N2O3/c1-19(2,3)17(24)16(22)20(4,5)14-21(6,7)23-18(25)26-13-15-11-9-8-10-12-15/h8-12,16H,13-14,22H2,1-7H3,(H,23,25). The van der Waals surface area contributed by atoms with Gasteiger partial charge >= 0.3 is 6.09 Å². The van der Waals surface area contributed by atoms with Crippen LogP contribution in [0.5, 0.6) is 0 Å². The van der Waals surface area contributed by atoms with Gasteiger partial charge in [-0.15, -0.1) is 0 Å². The molecule has 1 aromatic rings. The van der Waals surface area contributed by atoms with E-state index in [0.29, 0.717) is 6.42 Å². The number of hydrogen-bond acceptors (Lipinski definition) is 4. The number of alkyl carbamates (subject to hydrolysis) is 1. The summed E-state index contributed by atoms with van der Waals surface area (Å²) in [4.78, 5) is 24.7. The lowest BCUT2D eigenvalue weighted by Crippen LogP contribution is -2.54. The van der Waals surface area contributed by atoms with E-state index in [1.54, 1.807) is 0 Å². The van der Waals surface area contributed by atoms with Gasteiger partial charge < -0.3 is 15.8 Å². The molecule has 0 saturated heterocycles. The van der Waals surface area contributed by atoms with Crippen LogP contribution in [-0.2, 0) is 16.1 Å². The molecule has 0 aliphatic rings. The summed E-state index contributed by atoms with van der Waals surface area (Å²) in [6, 6.07) is 8.91. The third-order valence-electron chi connectivity index (χ3n) is 4.41. The van der Waals surface area contributed by atoms with E-state index < -0.39 is 28.5 Å². The second kappa shape index (κ2) is 8.21. The Morgan fingerprint density at radius 2 is 1.58 bits per heavy atom. The highest BCUT2D eigenvalue weighted by Gasteiger charge is 2.41. The molecule has 0 heterocycles. The molecule has 26 heavy (non-hydrogen) atoms. The Morgan fingerprint density at radius 3 is 2.08 bits per heavy atom. The van der Waals surface area contributed by atoms with Crippen molar-refractivity contribution in [2.45, 2.75) is 73.1 Å². The molecule has 1 unspecified atom stereocenters. The molecule has 0 spiro atoms. The third kappa shape index (κ3) is 6.79. The van der Waals surface area contributed by atoms with Crippen LogP contribution in [0.2, 0.25) is 0 Å². The van der Waals surface area contributed by atoms with Gasteiger partial charge in [-0.25, -0.2) is 4.79 Å². The van der Waals surface area contributed by atoms with Gasteiger partial charge in [-0.2, -0.15) is 0 Å². The second-order valence-electron chi connectivity index (χ2n) is 9.33. The molecule has 3 N–H and O–H groups in total. The fraction of sp³-hybridized carbons (Fsp3) is 0.619. The Labute approximate surface area is 157 Å². The van der Waals surface area contributed by atoms with Crippen molar-refractivity contribution in [3.63, 3.8) is 0 Å². The van der Waals surface area contributed by atoms with Crippen LogP contribution in [0.25, 0.3) is 0 Å². The predicted octanol–water partition coefficient (Wildman–Crippen LogP) is 4.05. The molecule has 1 rings (SSSR count). The largest absolute Gasteiger partial charge is 0.445 e. The monoisotopic (exact) mass is 362 g/mol. The summed E-state index contributed by atoms with van der Waals surface area (Å²) in [5.41, 5.74) is 5.66. The molecular weight excluding hydrogens is 328 g/mol. The number of nitrogens with two attached hydrogens (primary N) is 1. The van der Waals surface area contributed by atoms with Crippen LogP contribution < -0.4 is 11.1 Å². The average molecular weight is 363 g/mol. The fourth-order valence-electron chi connectivity index (χ4n) is 3.15. The van der Waals surface area contributed by atoms with E-state index >= 15 is 0 Å². The summed E-state index contributed by atoms with van der Waals surface area (Å²) < 4.78 is 5.29. The van der Waals surface area contributed by atoms with E-state index in [1.807, 2.05) is 78.8 Å². The lowest BCUT2D eigenvalue weighted by atomic mass is 9.70. The first-order valence-electron chi connectivity index (χ1n) is 9.03. The number of rotatable bonds is 7. The quantitative estimate of drug-likeness (QED) is 0.767. The Morgan fingerprint density at radius 1 is 1.04 bits per heavy atom. The summed E-state index contributed by atoms with van der Waals surface area (Å²) in [6.45, 7) is 13.6. The van der Waals surface area contributed by atoms with Gasteiger partial charge in [0.2, 0.25) is 0 Å². The van der Waals surface area contributed by atoms with Crippen LogP contribution in [0.4, 0.5) is 4.79 Å². The van der Waals surface area contributed by atoms with Crippen LogP contribution in [0, 0.1) is 10.8 Å². The van der Waals surface area contributed by atoms with Crippen molar-refractivity contribution in [2.24, 2.45) is 16.6 Å². The minimum Gasteiger partial charge on any atom is -0.445 e. The zero-order valence-electron chi connectivity index (χ0n) is 17.2. The van der Waals surface area contributed by atoms with Gasteiger partial charge in [0.05, 0.1) is 6.04 Å². The molecule has 5 nitrogen and oxygen atoms in total. The molecule has 1 amide bonds. The normalized spacial score (nSPS) is 13.8. The number of ether oxygens (including phenoxy) is 1. The molecule has 0 saturated carbocycles. The number of carbonyl (C=O) groups excluding carboxylic acids is 2. The lowest BCUT2D eigenvalue weighted by molar-refractivity contribution is -0.130. The van der Waals surface area contributed by atoms with E-state index in [9.17, 15) is 9.59 Å². The van der Waals surface area contributed by atoms with Gasteiger partial charge in [-0.1, -0.05) is 65.0 Å². The molecule has 0 fully saturated rings. The Kier molecular flexibility index (Phi) is 7.00. The molecule has 0 aliphatic heterocycles. The lowest BCUT2D eigenvalue weighted by Gasteiger charge is -2.40. The Balaban J connectivity index is 2.65. The van der Waals surface area contributed by atoms with Crippen LogP contribution >= 0.6 is 0 Å². The summed E-state index contributed by atoms with van der Waals surface area (Å²) in [6.07, 6.45) is 0.0639. The number of amides is 1. The van der Waals surface area contributed by atoms with Gasteiger partial charge in [0.15, 0.2) is 5.78 Å². The minimum atomic E-state index is -0.607. The highest BCUT2D eigenvalue weighted by molar-refractivity contribution is 5.89. The maximum atomic E-state index is 12.5. The molecule has 0 aliphatic carbocycles. The van der Waals surface area contributed by atoms with Crippen molar-refractivity contribution < 1.29 is 14.3 Å². The fourth-order valence-corrected chi connectivity index (χ4v) is 3.15. The van der Waals surface area contributed by atoms with E-state index in [0.717, 1.165) is 5.56 Å². The zero-order valence-corrected chi connectivity index (χ0v) is 17.2. The second-order valence-corrected chi connectivity index (χ2v) is 9.33. The van der Waals surface area contributed by atoms with Gasteiger partial charge in [0, 0.05) is 11.0 Å². The van der Waals surface area contributed by atoms with Gasteiger partial charge in [0.25, 0.3) is 0 Å². The van der Waals surface area contributed by atoms with E-state index in [-0.39, 0.29) is 12.4 Å². The minimum absolute atomic E-state index is 0.0185. The highest BCUT2D eigenvalue weighted by Crippen LogP contribution is 2.34. The van der Waals surface area contributed by atoms with Crippen molar-refractivity contribution in [3.8, 4) is 0 Å². The van der Waals surface area contributed by atoms with Crippen molar-refractivity contribution in [1.82, 2.24) is 5.32 Å². The maximum Gasteiger partial charge on any atom is 0.407 e. The topological polar surface area (TPSA) is 81.4 Å². The number of benzene rings is 1. The molecule has 0 radical (unpaired) electrons. The summed E-state index contributed by atoms with van der Waals surface area (Å²) in [5, 5.41) is 2.89. The zero-order chi connectivity index (χ0) is 20.2. The molecular formula is C21H34N2O3. The summed E-state index contributed by atoms with van der Waals surface area (Å²) in [5.74, 6) is 0.0185. The van der Waals surface area contributed by atoms with Crippen LogP contribution in [0.15, 0.2) is 30.3 Å². The molecule has 0 aromatic heterocycles. The predicted molar refractivity (Wildman–Crippen MR) is 105 cm³/mol. The Hall–Kier alpha value is -1.88. The smallest absolute Gasteiger partial charge is 0.407 e. The van der Waals surface area contributed by atoms with Crippen LogP contribution in [-0.4, -0.2) is 23.5 Å². The molecule has 5 heteroatoms. The van der Waals surface area contributed by atoms with Crippen molar-refractivity contribution >= 4 is 11.9 Å². The number of ketones is 1. The van der Waals surface area contributed by atoms with Gasteiger partial charge in [0.1, 0.15) is 6.61 Å². The molecule has 1 aromatic carbocycles. The Bertz CT molecular complexity index is 616. The molecule has 1 atom stereocenters. The summed E-state index contributed by atoms with van der Waals surface area (Å²) in [7, 11) is 0. The average Bonchev–Trinajstić information content (AvgIpc) is 2.50. The van der Waals surface area contributed by atoms with Crippen molar-refractivity contribution in [2.75, 3.05) is 0 Å². The van der Waals surface area contributed by atoms with Crippen LogP contribution in [0.3, 0.4) is 0 Å². The SMILES string of the molecule is CC(C)(CC(C)(C)C(N)C(=O)C(C)(C)C)NC(=O)OCc1ccccc1. The number of carbonyl (C=O) groups is 2. The summed E-state index contributed by atoms with van der Waals surface area (Å²) >= 11 is 0. The van der Waals surface area contributed by atoms with Crippen LogP contribution in [0.1, 0.15) is 60.5 Å². The van der Waals surface area contributed by atoms with Gasteiger partial charge in [-0.05, 0) is 31.2 Å². The number of nitrogens with one attached hydrogen (secondary N) is 1.